The summed E-state index contributed by atoms with van der Waals surface area (Å²) in [7, 11) is -3.43. The van der Waals surface area contributed by atoms with Crippen molar-refractivity contribution in [3.8, 4) is 0 Å². The number of hydrogen-bond donors (Lipinski definition) is 2. The first-order valence-corrected chi connectivity index (χ1v) is 8.47. The monoisotopic (exact) mass is 294 g/mol. The molecular weight excluding hydrogens is 268 g/mol. The molecule has 1 fully saturated rings. The van der Waals surface area contributed by atoms with Crippen LogP contribution in [0, 0.1) is 5.92 Å². The Morgan fingerprint density at radius 2 is 2.21 bits per heavy atom. The molecule has 0 aromatic rings. The van der Waals surface area contributed by atoms with E-state index >= 15 is 0 Å². The molecular formula is C12H26N2O4S. The second-order valence-electron chi connectivity index (χ2n) is 4.91. The number of ether oxygens (including phenoxy) is 1. The molecule has 0 aromatic carbocycles. The van der Waals surface area contributed by atoms with E-state index in [1.54, 1.807) is 0 Å². The number of piperidine rings is 1. The minimum absolute atomic E-state index is 0.0478. The maximum absolute atomic E-state index is 12.0. The molecule has 1 atom stereocenters. The Hall–Kier alpha value is -0.210. The molecule has 7 heteroatoms. The van der Waals surface area contributed by atoms with Crippen LogP contribution in [-0.4, -0.2) is 57.3 Å². The summed E-state index contributed by atoms with van der Waals surface area (Å²) in [5.41, 5.74) is 0. The maximum atomic E-state index is 12.0. The molecule has 0 aliphatic carbocycles. The quantitative estimate of drug-likeness (QED) is 0.601. The highest BCUT2D eigenvalue weighted by Crippen LogP contribution is 2.17. The van der Waals surface area contributed by atoms with E-state index in [2.05, 4.69) is 11.6 Å². The van der Waals surface area contributed by atoms with Crippen molar-refractivity contribution in [1.82, 2.24) is 9.03 Å². The van der Waals surface area contributed by atoms with E-state index in [1.165, 1.54) is 4.31 Å². The summed E-state index contributed by atoms with van der Waals surface area (Å²) >= 11 is 0. The molecule has 6 nitrogen and oxygen atoms in total. The van der Waals surface area contributed by atoms with E-state index in [4.69, 9.17) is 9.84 Å². The van der Waals surface area contributed by atoms with Crippen molar-refractivity contribution in [2.45, 2.75) is 32.6 Å². The van der Waals surface area contributed by atoms with Gasteiger partial charge in [0.25, 0.3) is 10.2 Å². The summed E-state index contributed by atoms with van der Waals surface area (Å²) in [6.45, 7) is 4.44. The van der Waals surface area contributed by atoms with Crippen LogP contribution in [0.15, 0.2) is 0 Å². The molecule has 0 radical (unpaired) electrons. The fourth-order valence-electron chi connectivity index (χ4n) is 2.08. The Morgan fingerprint density at radius 3 is 2.89 bits per heavy atom. The van der Waals surface area contributed by atoms with Crippen molar-refractivity contribution in [2.75, 3.05) is 39.5 Å². The Morgan fingerprint density at radius 1 is 1.42 bits per heavy atom. The van der Waals surface area contributed by atoms with E-state index in [9.17, 15) is 8.42 Å². The number of nitrogens with zero attached hydrogens (tertiary/aromatic N) is 1. The average molecular weight is 294 g/mol. The lowest BCUT2D eigenvalue weighted by molar-refractivity contribution is 0.135. The van der Waals surface area contributed by atoms with Gasteiger partial charge in [-0.3, -0.25) is 0 Å². The topological polar surface area (TPSA) is 78.9 Å². The number of unbranched alkanes of at least 4 members (excludes halogenated alkanes) is 1. The third kappa shape index (κ3) is 6.18. The number of nitrogens with one attached hydrogen (secondary N) is 1. The molecule has 2 N–H and O–H groups in total. The predicted molar refractivity (Wildman–Crippen MR) is 74.0 cm³/mol. The Balaban J connectivity index is 2.26. The molecule has 1 aliphatic rings. The molecule has 19 heavy (non-hydrogen) atoms. The van der Waals surface area contributed by atoms with Crippen molar-refractivity contribution >= 4 is 10.2 Å². The van der Waals surface area contributed by atoms with Gasteiger partial charge in [-0.1, -0.05) is 13.3 Å². The smallest absolute Gasteiger partial charge is 0.279 e. The van der Waals surface area contributed by atoms with Gasteiger partial charge in [-0.05, 0) is 25.2 Å². The largest absolute Gasteiger partial charge is 0.396 e. The van der Waals surface area contributed by atoms with Gasteiger partial charge in [0, 0.05) is 32.8 Å². The van der Waals surface area contributed by atoms with Gasteiger partial charge < -0.3 is 9.84 Å². The van der Waals surface area contributed by atoms with Gasteiger partial charge in [-0.25, -0.2) is 0 Å². The van der Waals surface area contributed by atoms with Crippen molar-refractivity contribution < 1.29 is 18.3 Å². The zero-order valence-electron chi connectivity index (χ0n) is 11.7. The molecule has 0 aromatic heterocycles. The number of aliphatic hydroxyl groups excluding tert-OH is 1. The van der Waals surface area contributed by atoms with Crippen molar-refractivity contribution in [1.29, 1.82) is 0 Å². The lowest BCUT2D eigenvalue weighted by atomic mass is 10.0. The van der Waals surface area contributed by atoms with Crippen molar-refractivity contribution in [2.24, 2.45) is 5.92 Å². The molecule has 114 valence electrons. The highest BCUT2D eigenvalue weighted by Gasteiger charge is 2.27. The molecule has 1 saturated heterocycles. The van der Waals surface area contributed by atoms with Crippen LogP contribution < -0.4 is 4.72 Å². The Labute approximate surface area is 116 Å². The zero-order chi connectivity index (χ0) is 14.1. The standard InChI is InChI=1S/C12H26N2O4S/c1-2-3-8-18-9-6-13-19(16,17)14-7-4-5-12(10-14)11-15/h12-13,15H,2-11H2,1H3. The maximum Gasteiger partial charge on any atom is 0.279 e. The zero-order valence-corrected chi connectivity index (χ0v) is 12.5. The molecule has 1 heterocycles. The summed E-state index contributed by atoms with van der Waals surface area (Å²) in [5.74, 6) is 0.0612. The lowest BCUT2D eigenvalue weighted by Gasteiger charge is -2.30. The van der Waals surface area contributed by atoms with Crippen LogP contribution in [0.5, 0.6) is 0 Å². The van der Waals surface area contributed by atoms with Crippen LogP contribution in [0.2, 0.25) is 0 Å². The molecule has 1 rings (SSSR count). The first-order valence-electron chi connectivity index (χ1n) is 7.03. The van der Waals surface area contributed by atoms with Crippen LogP contribution in [0.3, 0.4) is 0 Å². The molecule has 1 aliphatic heterocycles. The second-order valence-corrected chi connectivity index (χ2v) is 6.67. The second kappa shape index (κ2) is 8.86. The van der Waals surface area contributed by atoms with Crippen LogP contribution in [0.25, 0.3) is 0 Å². The fourth-order valence-corrected chi connectivity index (χ4v) is 3.38. The first kappa shape index (κ1) is 16.8. The summed E-state index contributed by atoms with van der Waals surface area (Å²) in [5, 5.41) is 9.11. The number of rotatable bonds is 9. The third-order valence-electron chi connectivity index (χ3n) is 3.25. The van der Waals surface area contributed by atoms with E-state index in [0.717, 1.165) is 25.7 Å². The minimum atomic E-state index is -3.43. The summed E-state index contributed by atoms with van der Waals surface area (Å²) < 4.78 is 33.3. The lowest BCUT2D eigenvalue weighted by Crippen LogP contribution is -2.47. The molecule has 0 bridgehead atoms. The van der Waals surface area contributed by atoms with Gasteiger partial charge in [0.1, 0.15) is 0 Å². The van der Waals surface area contributed by atoms with Gasteiger partial charge in [-0.2, -0.15) is 17.4 Å². The summed E-state index contributed by atoms with van der Waals surface area (Å²) in [6.07, 6.45) is 3.76. The fraction of sp³-hybridized carbons (Fsp3) is 1.00. The van der Waals surface area contributed by atoms with Crippen LogP contribution >= 0.6 is 0 Å². The molecule has 1 unspecified atom stereocenters. The molecule has 0 saturated carbocycles. The Bertz CT molecular complexity index is 335. The molecule has 0 amide bonds. The van der Waals surface area contributed by atoms with Gasteiger partial charge in [0.05, 0.1) is 6.61 Å². The van der Waals surface area contributed by atoms with Crippen LogP contribution in [0.4, 0.5) is 0 Å². The Kier molecular flexibility index (Phi) is 7.86. The minimum Gasteiger partial charge on any atom is -0.396 e. The predicted octanol–water partition coefficient (Wildman–Crippen LogP) is 0.342. The number of hydrogen-bond acceptors (Lipinski definition) is 4. The first-order chi connectivity index (χ1) is 9.10. The highest BCUT2D eigenvalue weighted by molar-refractivity contribution is 7.87. The van der Waals surface area contributed by atoms with E-state index in [0.29, 0.717) is 32.8 Å². The van der Waals surface area contributed by atoms with Crippen molar-refractivity contribution in [3.05, 3.63) is 0 Å². The van der Waals surface area contributed by atoms with E-state index in [-0.39, 0.29) is 12.5 Å². The SMILES string of the molecule is CCCCOCCNS(=O)(=O)N1CCCC(CO)C1. The van der Waals surface area contributed by atoms with Gasteiger partial charge >= 0.3 is 0 Å². The average Bonchev–Trinajstić information content (AvgIpc) is 2.43. The van der Waals surface area contributed by atoms with Gasteiger partial charge in [0.15, 0.2) is 0 Å². The summed E-state index contributed by atoms with van der Waals surface area (Å²) in [6, 6.07) is 0. The van der Waals surface area contributed by atoms with Crippen LogP contribution in [-0.2, 0) is 14.9 Å². The van der Waals surface area contributed by atoms with Gasteiger partial charge in [0.2, 0.25) is 0 Å². The van der Waals surface area contributed by atoms with Crippen molar-refractivity contribution in [3.63, 3.8) is 0 Å². The van der Waals surface area contributed by atoms with E-state index < -0.39 is 10.2 Å². The normalized spacial score (nSPS) is 21.7. The molecule has 0 spiro atoms. The van der Waals surface area contributed by atoms with Crippen LogP contribution in [0.1, 0.15) is 32.6 Å². The van der Waals surface area contributed by atoms with Gasteiger partial charge in [-0.15, -0.1) is 0 Å². The highest BCUT2D eigenvalue weighted by atomic mass is 32.2. The summed E-state index contributed by atoms with van der Waals surface area (Å²) in [4.78, 5) is 0. The number of aliphatic hydroxyl groups is 1. The van der Waals surface area contributed by atoms with E-state index in [1.807, 2.05) is 0 Å². The third-order valence-corrected chi connectivity index (χ3v) is 4.83.